The summed E-state index contributed by atoms with van der Waals surface area (Å²) in [6.45, 7) is 3.14. The second-order valence-electron chi connectivity index (χ2n) is 7.10. The van der Waals surface area contributed by atoms with Crippen LogP contribution in [0, 0.1) is 5.92 Å². The van der Waals surface area contributed by atoms with Crippen LogP contribution in [0.5, 0.6) is 5.75 Å². The number of benzene rings is 1. The molecule has 4 heteroatoms. The molecule has 0 aliphatic heterocycles. The number of nitrogens with one attached hydrogen (secondary N) is 1. The largest absolute Gasteiger partial charge is 0.513 e. The van der Waals surface area contributed by atoms with Gasteiger partial charge in [-0.25, -0.2) is 4.79 Å². The lowest BCUT2D eigenvalue weighted by Crippen LogP contribution is -2.43. The fourth-order valence-electron chi connectivity index (χ4n) is 4.77. The van der Waals surface area contributed by atoms with Crippen LogP contribution in [-0.4, -0.2) is 26.4 Å². The van der Waals surface area contributed by atoms with Crippen LogP contribution >= 0.6 is 0 Å². The molecule has 4 nitrogen and oxygen atoms in total. The van der Waals surface area contributed by atoms with Gasteiger partial charge in [0.25, 0.3) is 0 Å². The van der Waals surface area contributed by atoms with Crippen molar-refractivity contribution in [3.63, 3.8) is 0 Å². The third-order valence-electron chi connectivity index (χ3n) is 5.87. The van der Waals surface area contributed by atoms with Crippen LogP contribution in [0.3, 0.4) is 0 Å². The Labute approximate surface area is 144 Å². The quantitative estimate of drug-likeness (QED) is 0.649. The van der Waals surface area contributed by atoms with E-state index in [4.69, 9.17) is 9.47 Å². The molecule has 2 unspecified atom stereocenters. The molecule has 0 spiro atoms. The zero-order valence-electron chi connectivity index (χ0n) is 14.9. The first-order valence-corrected chi connectivity index (χ1v) is 9.32. The average Bonchev–Trinajstić information content (AvgIpc) is 2.60. The van der Waals surface area contributed by atoms with Crippen molar-refractivity contribution < 1.29 is 14.3 Å². The lowest BCUT2D eigenvalue weighted by molar-refractivity contribution is 0.104. The Morgan fingerprint density at radius 3 is 3.00 bits per heavy atom. The summed E-state index contributed by atoms with van der Waals surface area (Å²) < 4.78 is 10.3. The molecule has 0 aromatic heterocycles. The topological polar surface area (TPSA) is 47.6 Å². The number of carbonyl (C=O) groups is 1. The number of carbonyl (C=O) groups excluding carboxylic acids is 1. The van der Waals surface area contributed by atoms with E-state index >= 15 is 0 Å². The minimum atomic E-state index is -0.613. The van der Waals surface area contributed by atoms with Crippen molar-refractivity contribution in [3.05, 3.63) is 29.3 Å². The number of fused-ring (bicyclic) bond motifs is 3. The van der Waals surface area contributed by atoms with E-state index < -0.39 is 6.16 Å². The molecule has 2 aliphatic carbocycles. The molecule has 3 rings (SSSR count). The molecule has 1 fully saturated rings. The van der Waals surface area contributed by atoms with E-state index in [9.17, 15) is 4.79 Å². The lowest BCUT2D eigenvalue weighted by atomic mass is 9.56. The Balaban J connectivity index is 1.93. The van der Waals surface area contributed by atoms with Crippen LogP contribution in [0.4, 0.5) is 4.79 Å². The Bertz CT molecular complexity index is 586. The number of ether oxygens (including phenoxy) is 2. The van der Waals surface area contributed by atoms with Gasteiger partial charge in [-0.05, 0) is 87.2 Å². The predicted molar refractivity (Wildman–Crippen MR) is 94.6 cm³/mol. The molecule has 1 saturated carbocycles. The van der Waals surface area contributed by atoms with E-state index in [-0.39, 0.29) is 5.41 Å². The SMILES string of the molecule is CCOC(=O)Oc1ccc2c(c1)C1(CCNC)CCCCC1CC2. The van der Waals surface area contributed by atoms with Gasteiger partial charge in [0.2, 0.25) is 0 Å². The molecule has 1 aromatic rings. The molecule has 0 saturated heterocycles. The third-order valence-corrected chi connectivity index (χ3v) is 5.87. The summed E-state index contributed by atoms with van der Waals surface area (Å²) in [6, 6.07) is 6.17. The highest BCUT2D eigenvalue weighted by Gasteiger charge is 2.45. The Morgan fingerprint density at radius 2 is 2.21 bits per heavy atom. The summed E-state index contributed by atoms with van der Waals surface area (Å²) in [7, 11) is 2.03. The maximum absolute atomic E-state index is 11.7. The van der Waals surface area contributed by atoms with E-state index in [2.05, 4.69) is 17.4 Å². The molecule has 2 atom stereocenters. The zero-order valence-corrected chi connectivity index (χ0v) is 14.9. The first-order chi connectivity index (χ1) is 11.7. The average molecular weight is 331 g/mol. The van der Waals surface area contributed by atoms with Crippen molar-refractivity contribution in [3.8, 4) is 5.75 Å². The maximum Gasteiger partial charge on any atom is 0.513 e. The number of hydrogen-bond acceptors (Lipinski definition) is 4. The van der Waals surface area contributed by atoms with Gasteiger partial charge in [0.15, 0.2) is 0 Å². The summed E-state index contributed by atoms with van der Waals surface area (Å²) in [5.74, 6) is 1.37. The minimum Gasteiger partial charge on any atom is -0.434 e. The summed E-state index contributed by atoms with van der Waals surface area (Å²) in [6.07, 6.45) is 8.18. The highest BCUT2D eigenvalue weighted by atomic mass is 16.7. The normalized spacial score (nSPS) is 25.5. The number of rotatable bonds is 5. The summed E-state index contributed by atoms with van der Waals surface area (Å²) in [5, 5.41) is 3.33. The summed E-state index contributed by atoms with van der Waals surface area (Å²) in [4.78, 5) is 11.7. The van der Waals surface area contributed by atoms with Gasteiger partial charge in [-0.3, -0.25) is 0 Å². The molecule has 1 aromatic carbocycles. The predicted octanol–water partition coefficient (Wildman–Crippen LogP) is 4.21. The fraction of sp³-hybridized carbons (Fsp3) is 0.650. The molecule has 24 heavy (non-hydrogen) atoms. The van der Waals surface area contributed by atoms with Gasteiger partial charge < -0.3 is 14.8 Å². The summed E-state index contributed by atoms with van der Waals surface area (Å²) >= 11 is 0. The first kappa shape index (κ1) is 17.3. The van der Waals surface area contributed by atoms with E-state index in [1.807, 2.05) is 13.1 Å². The highest BCUT2D eigenvalue weighted by molar-refractivity contribution is 5.64. The lowest BCUT2D eigenvalue weighted by Gasteiger charge is -2.49. The van der Waals surface area contributed by atoms with Crippen LogP contribution in [0.1, 0.15) is 56.6 Å². The van der Waals surface area contributed by atoms with E-state index in [1.54, 1.807) is 6.92 Å². The van der Waals surface area contributed by atoms with Gasteiger partial charge in [0.05, 0.1) is 6.61 Å². The molecule has 0 bridgehead atoms. The van der Waals surface area contributed by atoms with Crippen molar-refractivity contribution in [2.45, 2.75) is 57.3 Å². The van der Waals surface area contributed by atoms with Crippen LogP contribution in [0.2, 0.25) is 0 Å². The fourth-order valence-corrected chi connectivity index (χ4v) is 4.77. The van der Waals surface area contributed by atoms with Gasteiger partial charge >= 0.3 is 6.16 Å². The van der Waals surface area contributed by atoms with E-state index in [0.717, 1.165) is 25.3 Å². The molecular weight excluding hydrogens is 302 g/mol. The van der Waals surface area contributed by atoms with Crippen molar-refractivity contribution in [1.29, 1.82) is 0 Å². The first-order valence-electron chi connectivity index (χ1n) is 9.32. The molecular formula is C20H29NO3. The Morgan fingerprint density at radius 1 is 1.33 bits per heavy atom. The van der Waals surface area contributed by atoms with Crippen molar-refractivity contribution >= 4 is 6.16 Å². The molecule has 2 aliphatic rings. The van der Waals surface area contributed by atoms with Crippen LogP contribution in [0.15, 0.2) is 18.2 Å². The second-order valence-corrected chi connectivity index (χ2v) is 7.10. The van der Waals surface area contributed by atoms with Gasteiger partial charge in [0.1, 0.15) is 5.75 Å². The van der Waals surface area contributed by atoms with Crippen molar-refractivity contribution in [1.82, 2.24) is 5.32 Å². The smallest absolute Gasteiger partial charge is 0.434 e. The van der Waals surface area contributed by atoms with Crippen LogP contribution in [-0.2, 0) is 16.6 Å². The minimum absolute atomic E-state index is 0.239. The number of hydrogen-bond donors (Lipinski definition) is 1. The summed E-state index contributed by atoms with van der Waals surface area (Å²) in [5.41, 5.74) is 3.08. The highest BCUT2D eigenvalue weighted by Crippen LogP contribution is 2.52. The zero-order chi connectivity index (χ0) is 17.0. The molecule has 1 N–H and O–H groups in total. The molecule has 132 valence electrons. The van der Waals surface area contributed by atoms with Gasteiger partial charge in [-0.2, -0.15) is 0 Å². The van der Waals surface area contributed by atoms with Crippen molar-refractivity contribution in [2.24, 2.45) is 5.92 Å². The van der Waals surface area contributed by atoms with Crippen molar-refractivity contribution in [2.75, 3.05) is 20.2 Å². The molecule has 0 amide bonds. The molecule has 0 radical (unpaired) electrons. The van der Waals surface area contributed by atoms with E-state index in [1.165, 1.54) is 43.2 Å². The molecule has 0 heterocycles. The third kappa shape index (κ3) is 3.30. The van der Waals surface area contributed by atoms with Gasteiger partial charge in [0, 0.05) is 0 Å². The second kappa shape index (κ2) is 7.56. The van der Waals surface area contributed by atoms with Crippen LogP contribution < -0.4 is 10.1 Å². The van der Waals surface area contributed by atoms with Crippen LogP contribution in [0.25, 0.3) is 0 Å². The number of aryl methyl sites for hydroxylation is 1. The Hall–Kier alpha value is -1.55. The monoisotopic (exact) mass is 331 g/mol. The van der Waals surface area contributed by atoms with Gasteiger partial charge in [-0.1, -0.05) is 18.9 Å². The maximum atomic E-state index is 11.7. The Kier molecular flexibility index (Phi) is 5.44. The van der Waals surface area contributed by atoms with E-state index in [0.29, 0.717) is 12.4 Å². The van der Waals surface area contributed by atoms with Gasteiger partial charge in [-0.15, -0.1) is 0 Å². The standard InChI is InChI=1S/C20H29NO3/c1-3-23-19(22)24-17-10-8-15-7-9-16-6-4-5-11-20(16,12-13-21-2)18(15)14-17/h8,10,14,16,21H,3-7,9,11-13H2,1-2H3.